The Hall–Kier alpha value is -3.73. The van der Waals surface area contributed by atoms with Crippen molar-refractivity contribution in [1.82, 2.24) is 4.98 Å². The Bertz CT molecular complexity index is 1110. The molecular weight excluding hydrogens is 330 g/mol. The van der Waals surface area contributed by atoms with Gasteiger partial charge in [-0.3, -0.25) is 0 Å². The smallest absolute Gasteiger partial charge is 0.335 e. The highest BCUT2D eigenvalue weighted by atomic mass is 16.4. The normalized spacial score (nSPS) is 10.9. The van der Waals surface area contributed by atoms with Crippen molar-refractivity contribution in [3.63, 3.8) is 0 Å². The number of hydrogen-bond donors (Lipinski definition) is 2. The number of hydrogen-bond acceptors (Lipinski definition) is 3. The van der Waals surface area contributed by atoms with E-state index in [2.05, 4.69) is 4.98 Å². The number of fused-ring (bicyclic) bond motifs is 2. The van der Waals surface area contributed by atoms with E-state index in [-0.39, 0.29) is 11.1 Å². The molecule has 0 fully saturated rings. The van der Waals surface area contributed by atoms with E-state index >= 15 is 0 Å². The number of para-hydroxylation sites is 2. The van der Waals surface area contributed by atoms with Gasteiger partial charge in [-0.15, -0.1) is 0 Å². The number of pyridine rings is 1. The van der Waals surface area contributed by atoms with Gasteiger partial charge in [0.15, 0.2) is 0 Å². The Morgan fingerprint density at radius 1 is 0.692 bits per heavy atom. The van der Waals surface area contributed by atoms with E-state index < -0.39 is 11.9 Å². The summed E-state index contributed by atoms with van der Waals surface area (Å²) in [4.78, 5) is 27.6. The van der Waals surface area contributed by atoms with Crippen LogP contribution < -0.4 is 0 Å². The van der Waals surface area contributed by atoms with Crippen molar-refractivity contribution in [1.29, 1.82) is 0 Å². The third-order valence-electron chi connectivity index (χ3n) is 4.30. The number of nitrogens with zero attached hydrogens (tertiary/aromatic N) is 1. The SMILES string of the molecule is O=C(O)c1cc(C(=O)O)cc(-c2c3ccccc3nc3ccccc23)c1. The van der Waals surface area contributed by atoms with Crippen molar-refractivity contribution in [2.75, 3.05) is 0 Å². The molecule has 5 heteroatoms. The van der Waals surface area contributed by atoms with Crippen LogP contribution in [0.15, 0.2) is 66.7 Å². The highest BCUT2D eigenvalue weighted by molar-refractivity contribution is 6.10. The molecule has 26 heavy (non-hydrogen) atoms. The fraction of sp³-hybridized carbons (Fsp3) is 0. The topological polar surface area (TPSA) is 87.5 Å². The number of aromatic nitrogens is 1. The molecule has 0 bridgehead atoms. The number of carbonyl (C=O) groups is 2. The van der Waals surface area contributed by atoms with Gasteiger partial charge in [0.05, 0.1) is 22.2 Å². The molecule has 3 aromatic carbocycles. The van der Waals surface area contributed by atoms with Crippen LogP contribution in [-0.4, -0.2) is 27.1 Å². The molecule has 0 aliphatic heterocycles. The summed E-state index contributed by atoms with van der Waals surface area (Å²) < 4.78 is 0. The highest BCUT2D eigenvalue weighted by Gasteiger charge is 2.16. The molecule has 0 saturated carbocycles. The van der Waals surface area contributed by atoms with Crippen molar-refractivity contribution >= 4 is 33.7 Å². The molecule has 0 saturated heterocycles. The van der Waals surface area contributed by atoms with E-state index in [0.29, 0.717) is 5.56 Å². The first-order chi connectivity index (χ1) is 12.5. The van der Waals surface area contributed by atoms with Gasteiger partial charge in [-0.05, 0) is 35.9 Å². The summed E-state index contributed by atoms with van der Waals surface area (Å²) in [6.45, 7) is 0. The van der Waals surface area contributed by atoms with Crippen LogP contribution in [0, 0.1) is 0 Å². The van der Waals surface area contributed by atoms with Crippen molar-refractivity contribution in [2.24, 2.45) is 0 Å². The van der Waals surface area contributed by atoms with E-state index in [4.69, 9.17) is 0 Å². The van der Waals surface area contributed by atoms with Crippen molar-refractivity contribution in [3.8, 4) is 11.1 Å². The van der Waals surface area contributed by atoms with Gasteiger partial charge in [0.25, 0.3) is 0 Å². The number of aromatic carboxylic acids is 2. The van der Waals surface area contributed by atoms with Gasteiger partial charge in [-0.1, -0.05) is 36.4 Å². The zero-order chi connectivity index (χ0) is 18.3. The van der Waals surface area contributed by atoms with Crippen LogP contribution in [0.3, 0.4) is 0 Å². The standard InChI is InChI=1S/C21H13NO4/c23-20(24)13-9-12(10-14(11-13)21(25)26)19-15-5-1-3-7-17(15)22-18-8-4-2-6-16(18)19/h1-11H,(H,23,24)(H,25,26). The summed E-state index contributed by atoms with van der Waals surface area (Å²) in [5, 5.41) is 20.4. The molecule has 4 aromatic rings. The summed E-state index contributed by atoms with van der Waals surface area (Å²) in [5.74, 6) is -2.34. The van der Waals surface area contributed by atoms with Crippen LogP contribution >= 0.6 is 0 Å². The largest absolute Gasteiger partial charge is 0.478 e. The minimum atomic E-state index is -1.17. The average Bonchev–Trinajstić information content (AvgIpc) is 2.65. The molecule has 0 amide bonds. The molecule has 0 atom stereocenters. The molecule has 126 valence electrons. The summed E-state index contributed by atoms with van der Waals surface area (Å²) in [6.07, 6.45) is 0. The third-order valence-corrected chi connectivity index (χ3v) is 4.30. The highest BCUT2D eigenvalue weighted by Crippen LogP contribution is 2.35. The minimum Gasteiger partial charge on any atom is -0.478 e. The van der Waals surface area contributed by atoms with Crippen LogP contribution in [0.4, 0.5) is 0 Å². The first kappa shape index (κ1) is 15.8. The Labute approximate surface area is 148 Å². The molecule has 0 spiro atoms. The van der Waals surface area contributed by atoms with E-state index in [1.165, 1.54) is 18.2 Å². The van der Waals surface area contributed by atoms with E-state index in [1.807, 2.05) is 48.5 Å². The van der Waals surface area contributed by atoms with Gasteiger partial charge in [-0.2, -0.15) is 0 Å². The van der Waals surface area contributed by atoms with Crippen molar-refractivity contribution in [3.05, 3.63) is 77.9 Å². The Balaban J connectivity index is 2.16. The molecule has 0 radical (unpaired) electrons. The molecule has 2 N–H and O–H groups in total. The van der Waals surface area contributed by atoms with Gasteiger partial charge in [0.1, 0.15) is 0 Å². The fourth-order valence-corrected chi connectivity index (χ4v) is 3.17. The minimum absolute atomic E-state index is 0.0649. The quantitative estimate of drug-likeness (QED) is 0.537. The Kier molecular flexibility index (Phi) is 3.62. The summed E-state index contributed by atoms with van der Waals surface area (Å²) in [6, 6.07) is 19.2. The van der Waals surface area contributed by atoms with Crippen molar-refractivity contribution < 1.29 is 19.8 Å². The predicted octanol–water partition coefficient (Wildman–Crippen LogP) is 4.45. The van der Waals surface area contributed by atoms with Gasteiger partial charge in [0.2, 0.25) is 0 Å². The summed E-state index contributed by atoms with van der Waals surface area (Å²) in [5.41, 5.74) is 2.71. The van der Waals surface area contributed by atoms with Gasteiger partial charge in [0, 0.05) is 16.3 Å². The molecule has 0 aliphatic rings. The van der Waals surface area contributed by atoms with Gasteiger partial charge < -0.3 is 10.2 Å². The first-order valence-corrected chi connectivity index (χ1v) is 7.94. The molecule has 1 heterocycles. The van der Waals surface area contributed by atoms with E-state index in [0.717, 1.165) is 27.4 Å². The van der Waals surface area contributed by atoms with Crippen LogP contribution in [-0.2, 0) is 0 Å². The lowest BCUT2D eigenvalue weighted by Crippen LogP contribution is -2.03. The predicted molar refractivity (Wildman–Crippen MR) is 98.6 cm³/mol. The zero-order valence-electron chi connectivity index (χ0n) is 13.5. The number of carboxylic acids is 2. The lowest BCUT2D eigenvalue weighted by molar-refractivity contribution is 0.0696. The summed E-state index contributed by atoms with van der Waals surface area (Å²) in [7, 11) is 0. The second kappa shape index (κ2) is 5.97. The van der Waals surface area contributed by atoms with E-state index in [9.17, 15) is 19.8 Å². The first-order valence-electron chi connectivity index (χ1n) is 7.94. The van der Waals surface area contributed by atoms with Crippen LogP contribution in [0.1, 0.15) is 20.7 Å². The second-order valence-corrected chi connectivity index (χ2v) is 5.93. The molecule has 1 aromatic heterocycles. The Morgan fingerprint density at radius 2 is 1.15 bits per heavy atom. The Morgan fingerprint density at radius 3 is 1.62 bits per heavy atom. The summed E-state index contributed by atoms with van der Waals surface area (Å²) >= 11 is 0. The maximum Gasteiger partial charge on any atom is 0.335 e. The van der Waals surface area contributed by atoms with Crippen LogP contribution in [0.5, 0.6) is 0 Å². The van der Waals surface area contributed by atoms with Gasteiger partial charge in [-0.25, -0.2) is 14.6 Å². The fourth-order valence-electron chi connectivity index (χ4n) is 3.17. The number of carboxylic acid groups (broad SMARTS) is 2. The molecule has 0 unspecified atom stereocenters. The van der Waals surface area contributed by atoms with Crippen LogP contribution in [0.25, 0.3) is 32.9 Å². The van der Waals surface area contributed by atoms with E-state index in [1.54, 1.807) is 0 Å². The third kappa shape index (κ3) is 2.56. The number of rotatable bonds is 3. The lowest BCUT2D eigenvalue weighted by atomic mass is 9.93. The molecule has 4 rings (SSSR count). The second-order valence-electron chi connectivity index (χ2n) is 5.93. The molecule has 0 aliphatic carbocycles. The lowest BCUT2D eigenvalue weighted by Gasteiger charge is -2.12. The number of benzene rings is 3. The van der Waals surface area contributed by atoms with Crippen molar-refractivity contribution in [2.45, 2.75) is 0 Å². The molecule has 5 nitrogen and oxygen atoms in total. The maximum atomic E-state index is 11.5. The monoisotopic (exact) mass is 343 g/mol. The molecular formula is C21H13NO4. The maximum absolute atomic E-state index is 11.5. The van der Waals surface area contributed by atoms with Crippen LogP contribution in [0.2, 0.25) is 0 Å². The zero-order valence-corrected chi connectivity index (χ0v) is 13.5. The van der Waals surface area contributed by atoms with Gasteiger partial charge >= 0.3 is 11.9 Å². The average molecular weight is 343 g/mol.